The number of carboxylic acid groups (broad SMARTS) is 1. The summed E-state index contributed by atoms with van der Waals surface area (Å²) in [5.41, 5.74) is -1.40. The highest BCUT2D eigenvalue weighted by Gasteiger charge is 2.64. The molecular formula is C17H25NO5. The Kier molecular flexibility index (Phi) is 3.69. The van der Waals surface area contributed by atoms with E-state index in [4.69, 9.17) is 4.74 Å². The van der Waals surface area contributed by atoms with Crippen molar-refractivity contribution in [2.24, 2.45) is 17.3 Å². The zero-order chi connectivity index (χ0) is 17.0. The van der Waals surface area contributed by atoms with Crippen LogP contribution in [0.3, 0.4) is 0 Å². The molecule has 1 unspecified atom stereocenters. The third kappa shape index (κ3) is 2.62. The SMILES string of the molecule is CC(C)(C)OC(=O)N1C[C@@H]2C[C@H]1C2C1(C(=O)O)CCC(=O)CC1. The molecule has 2 heterocycles. The van der Waals surface area contributed by atoms with Gasteiger partial charge in [0, 0.05) is 31.3 Å². The van der Waals surface area contributed by atoms with Crippen LogP contribution < -0.4 is 0 Å². The summed E-state index contributed by atoms with van der Waals surface area (Å²) >= 11 is 0. The number of nitrogens with zero attached hydrogens (tertiary/aromatic N) is 1. The number of amides is 1. The fraction of sp³-hybridized carbons (Fsp3) is 0.824. The van der Waals surface area contributed by atoms with Gasteiger partial charge in [-0.25, -0.2) is 4.79 Å². The maximum atomic E-state index is 12.4. The average molecular weight is 323 g/mol. The number of ether oxygens (including phenoxy) is 1. The van der Waals surface area contributed by atoms with E-state index in [9.17, 15) is 19.5 Å². The van der Waals surface area contributed by atoms with Crippen molar-refractivity contribution < 1.29 is 24.2 Å². The maximum Gasteiger partial charge on any atom is 0.410 e. The maximum absolute atomic E-state index is 12.4. The zero-order valence-corrected chi connectivity index (χ0v) is 14.0. The molecule has 2 bridgehead atoms. The summed E-state index contributed by atoms with van der Waals surface area (Å²) < 4.78 is 5.45. The van der Waals surface area contributed by atoms with Gasteiger partial charge in [-0.2, -0.15) is 0 Å². The molecule has 4 rings (SSSR count). The Balaban J connectivity index is 1.77. The number of rotatable bonds is 2. The van der Waals surface area contributed by atoms with E-state index >= 15 is 0 Å². The number of carbonyl (C=O) groups is 3. The first kappa shape index (κ1) is 16.3. The number of fused-ring (bicyclic) bond motifs is 1. The summed E-state index contributed by atoms with van der Waals surface area (Å²) in [6.07, 6.45) is 2.00. The molecule has 4 fully saturated rings. The minimum atomic E-state index is -0.849. The fourth-order valence-electron chi connectivity index (χ4n) is 4.63. The second-order valence-electron chi connectivity index (χ2n) is 8.22. The van der Waals surface area contributed by atoms with Gasteiger partial charge in [0.15, 0.2) is 0 Å². The van der Waals surface area contributed by atoms with Gasteiger partial charge in [-0.05, 0) is 46.0 Å². The summed E-state index contributed by atoms with van der Waals surface area (Å²) in [6.45, 7) is 6.06. The van der Waals surface area contributed by atoms with Crippen LogP contribution in [-0.4, -0.2) is 46.0 Å². The molecule has 2 saturated heterocycles. The molecule has 0 radical (unpaired) electrons. The summed E-state index contributed by atoms with van der Waals surface area (Å²) in [4.78, 5) is 37.6. The van der Waals surface area contributed by atoms with Crippen molar-refractivity contribution in [2.45, 2.75) is 64.5 Å². The topological polar surface area (TPSA) is 83.9 Å². The summed E-state index contributed by atoms with van der Waals surface area (Å²) in [5, 5.41) is 9.84. The average Bonchev–Trinajstić information content (AvgIpc) is 2.98. The largest absolute Gasteiger partial charge is 0.481 e. The van der Waals surface area contributed by atoms with Crippen LogP contribution in [0.5, 0.6) is 0 Å². The van der Waals surface area contributed by atoms with E-state index in [2.05, 4.69) is 0 Å². The molecule has 1 N–H and O–H groups in total. The number of hydrogen-bond acceptors (Lipinski definition) is 4. The molecule has 4 aliphatic rings. The van der Waals surface area contributed by atoms with Crippen LogP contribution in [0.25, 0.3) is 0 Å². The van der Waals surface area contributed by atoms with E-state index in [1.165, 1.54) is 0 Å². The monoisotopic (exact) mass is 323 g/mol. The molecule has 0 aromatic heterocycles. The predicted molar refractivity (Wildman–Crippen MR) is 81.9 cm³/mol. The lowest BCUT2D eigenvalue weighted by Crippen LogP contribution is -2.55. The first-order chi connectivity index (χ1) is 10.6. The van der Waals surface area contributed by atoms with Crippen molar-refractivity contribution in [3.05, 3.63) is 0 Å². The number of carboxylic acids is 1. The number of Topliss-reactive ketones (excluding diaryl/α,β-unsaturated/α-hetero) is 1. The smallest absolute Gasteiger partial charge is 0.410 e. The lowest BCUT2D eigenvalue weighted by molar-refractivity contribution is -0.162. The second-order valence-corrected chi connectivity index (χ2v) is 8.22. The fourth-order valence-corrected chi connectivity index (χ4v) is 4.63. The first-order valence-corrected chi connectivity index (χ1v) is 8.39. The Morgan fingerprint density at radius 1 is 1.26 bits per heavy atom. The molecular weight excluding hydrogens is 298 g/mol. The quantitative estimate of drug-likeness (QED) is 0.844. The van der Waals surface area contributed by atoms with Gasteiger partial charge < -0.3 is 14.7 Å². The molecule has 2 saturated carbocycles. The van der Waals surface area contributed by atoms with Crippen molar-refractivity contribution in [1.82, 2.24) is 4.90 Å². The molecule has 1 amide bonds. The van der Waals surface area contributed by atoms with Gasteiger partial charge in [-0.15, -0.1) is 0 Å². The molecule has 128 valence electrons. The third-order valence-corrected chi connectivity index (χ3v) is 5.69. The van der Waals surface area contributed by atoms with E-state index in [1.54, 1.807) is 4.90 Å². The van der Waals surface area contributed by atoms with Crippen LogP contribution in [-0.2, 0) is 14.3 Å². The predicted octanol–water partition coefficient (Wildman–Crippen LogP) is 2.46. The van der Waals surface area contributed by atoms with Crippen LogP contribution in [0.2, 0.25) is 0 Å². The number of ketones is 1. The lowest BCUT2D eigenvalue weighted by Gasteiger charge is -2.49. The minimum Gasteiger partial charge on any atom is -0.481 e. The van der Waals surface area contributed by atoms with Crippen LogP contribution in [0, 0.1) is 17.3 Å². The second kappa shape index (κ2) is 5.21. The van der Waals surface area contributed by atoms with Crippen LogP contribution >= 0.6 is 0 Å². The van der Waals surface area contributed by atoms with Crippen molar-refractivity contribution in [3.63, 3.8) is 0 Å². The number of carbonyl (C=O) groups excluding carboxylic acids is 2. The van der Waals surface area contributed by atoms with Gasteiger partial charge in [-0.1, -0.05) is 0 Å². The highest BCUT2D eigenvalue weighted by molar-refractivity contribution is 5.84. The van der Waals surface area contributed by atoms with Gasteiger partial charge in [0.25, 0.3) is 0 Å². The first-order valence-electron chi connectivity index (χ1n) is 8.39. The zero-order valence-electron chi connectivity index (χ0n) is 14.0. The van der Waals surface area contributed by atoms with Crippen LogP contribution in [0.1, 0.15) is 52.9 Å². The summed E-state index contributed by atoms with van der Waals surface area (Å²) in [7, 11) is 0. The number of hydrogen-bond donors (Lipinski definition) is 1. The molecule has 2 aliphatic heterocycles. The van der Waals surface area contributed by atoms with Crippen LogP contribution in [0.15, 0.2) is 0 Å². The van der Waals surface area contributed by atoms with Crippen molar-refractivity contribution in [1.29, 1.82) is 0 Å². The van der Waals surface area contributed by atoms with Gasteiger partial charge in [-0.3, -0.25) is 9.59 Å². The Bertz CT molecular complexity index is 540. The Labute approximate surface area is 136 Å². The van der Waals surface area contributed by atoms with Gasteiger partial charge >= 0.3 is 12.1 Å². The standard InChI is InChI=1S/C17H25NO5/c1-16(2,3)23-15(22)18-9-10-8-12(18)13(10)17(14(20)21)6-4-11(19)5-7-17/h10,12-13H,4-9H2,1-3H3,(H,20,21)/t10-,12-,13?/m0/s1. The minimum absolute atomic E-state index is 0.0411. The van der Waals surface area contributed by atoms with Gasteiger partial charge in [0.05, 0.1) is 5.41 Å². The van der Waals surface area contributed by atoms with Gasteiger partial charge in [0.1, 0.15) is 11.4 Å². The normalized spacial score (nSPS) is 32.4. The highest BCUT2D eigenvalue weighted by atomic mass is 16.6. The number of aliphatic carboxylic acids is 1. The molecule has 23 heavy (non-hydrogen) atoms. The van der Waals surface area contributed by atoms with E-state index in [0.717, 1.165) is 6.42 Å². The summed E-state index contributed by atoms with van der Waals surface area (Å²) in [6, 6.07) is -0.0563. The molecule has 0 aromatic rings. The molecule has 6 heteroatoms. The Morgan fingerprint density at radius 3 is 2.39 bits per heavy atom. The Morgan fingerprint density at radius 2 is 1.87 bits per heavy atom. The molecule has 0 aromatic carbocycles. The van der Waals surface area contributed by atoms with E-state index in [1.807, 2.05) is 20.8 Å². The van der Waals surface area contributed by atoms with Crippen molar-refractivity contribution in [3.8, 4) is 0 Å². The van der Waals surface area contributed by atoms with E-state index < -0.39 is 17.0 Å². The van der Waals surface area contributed by atoms with Crippen molar-refractivity contribution >= 4 is 17.8 Å². The highest BCUT2D eigenvalue weighted by Crippen LogP contribution is 2.59. The van der Waals surface area contributed by atoms with Crippen LogP contribution in [0.4, 0.5) is 4.79 Å². The molecule has 0 spiro atoms. The Hall–Kier alpha value is -1.59. The van der Waals surface area contributed by atoms with E-state index in [-0.39, 0.29) is 29.8 Å². The lowest BCUT2D eigenvalue weighted by atomic mass is 9.54. The molecule has 6 nitrogen and oxygen atoms in total. The summed E-state index contributed by atoms with van der Waals surface area (Å²) in [5.74, 6) is -0.481. The van der Waals surface area contributed by atoms with Crippen molar-refractivity contribution in [2.75, 3.05) is 6.54 Å². The molecule has 2 aliphatic carbocycles. The molecule has 3 atom stereocenters. The van der Waals surface area contributed by atoms with E-state index in [0.29, 0.717) is 32.2 Å². The van der Waals surface area contributed by atoms with Gasteiger partial charge in [0.2, 0.25) is 0 Å². The third-order valence-electron chi connectivity index (χ3n) is 5.69.